The molecule has 0 saturated carbocycles. The first kappa shape index (κ1) is 12.4. The quantitative estimate of drug-likeness (QED) is 0.792. The fraction of sp³-hybridized carbons (Fsp3) is 0.417. The molecule has 0 aliphatic carbocycles. The van der Waals surface area contributed by atoms with Gasteiger partial charge in [-0.1, -0.05) is 6.07 Å². The monoisotopic (exact) mass is 223 g/mol. The lowest BCUT2D eigenvalue weighted by atomic mass is 10.1. The van der Waals surface area contributed by atoms with Gasteiger partial charge in [-0.3, -0.25) is 4.79 Å². The lowest BCUT2D eigenvalue weighted by Crippen LogP contribution is -2.15. The summed E-state index contributed by atoms with van der Waals surface area (Å²) in [7, 11) is 2.98. The summed E-state index contributed by atoms with van der Waals surface area (Å²) in [5.74, 6) is 0.454. The van der Waals surface area contributed by atoms with Crippen LogP contribution in [0, 0.1) is 13.8 Å². The molecule has 0 atom stereocenters. The maximum absolute atomic E-state index is 11.0. The molecule has 16 heavy (non-hydrogen) atoms. The van der Waals surface area contributed by atoms with Crippen molar-refractivity contribution in [3.05, 3.63) is 23.3 Å². The van der Waals surface area contributed by atoms with Crippen molar-refractivity contribution in [3.8, 4) is 5.75 Å². The number of benzene rings is 1. The highest BCUT2D eigenvalue weighted by molar-refractivity contribution is 5.76. The van der Waals surface area contributed by atoms with Gasteiger partial charge in [0.15, 0.2) is 0 Å². The van der Waals surface area contributed by atoms with Gasteiger partial charge < -0.3 is 14.8 Å². The molecule has 0 radical (unpaired) electrons. The molecule has 0 heterocycles. The molecule has 88 valence electrons. The maximum Gasteiger partial charge on any atom is 0.325 e. The van der Waals surface area contributed by atoms with Crippen LogP contribution in [0.4, 0.5) is 5.69 Å². The Morgan fingerprint density at radius 1 is 1.31 bits per heavy atom. The van der Waals surface area contributed by atoms with E-state index in [1.807, 2.05) is 26.0 Å². The minimum Gasteiger partial charge on any atom is -0.494 e. The molecule has 0 amide bonds. The molecular weight excluding hydrogens is 206 g/mol. The first-order chi connectivity index (χ1) is 7.58. The number of esters is 1. The van der Waals surface area contributed by atoms with Gasteiger partial charge in [-0.15, -0.1) is 0 Å². The third-order valence-electron chi connectivity index (χ3n) is 2.27. The molecule has 4 nitrogen and oxygen atoms in total. The third-order valence-corrected chi connectivity index (χ3v) is 2.27. The molecule has 1 aromatic carbocycles. The Bertz CT molecular complexity index is 388. The van der Waals surface area contributed by atoms with Crippen molar-refractivity contribution < 1.29 is 14.3 Å². The SMILES string of the molecule is COC(=O)CNc1cc(C)cc(C)c1OC. The van der Waals surface area contributed by atoms with Crippen molar-refractivity contribution >= 4 is 11.7 Å². The summed E-state index contributed by atoms with van der Waals surface area (Å²) < 4.78 is 9.85. The lowest BCUT2D eigenvalue weighted by Gasteiger charge is -2.13. The van der Waals surface area contributed by atoms with Crippen LogP contribution in [0.3, 0.4) is 0 Å². The normalized spacial score (nSPS) is 9.75. The second-order valence-corrected chi connectivity index (χ2v) is 3.59. The van der Waals surface area contributed by atoms with Crippen LogP contribution < -0.4 is 10.1 Å². The van der Waals surface area contributed by atoms with Crippen LogP contribution in [0.25, 0.3) is 0 Å². The van der Waals surface area contributed by atoms with E-state index in [2.05, 4.69) is 10.1 Å². The van der Waals surface area contributed by atoms with Gasteiger partial charge in [0, 0.05) is 0 Å². The van der Waals surface area contributed by atoms with E-state index >= 15 is 0 Å². The highest BCUT2D eigenvalue weighted by Crippen LogP contribution is 2.29. The number of methoxy groups -OCH3 is 2. The highest BCUT2D eigenvalue weighted by atomic mass is 16.5. The van der Waals surface area contributed by atoms with Crippen LogP contribution in [0.5, 0.6) is 5.75 Å². The molecule has 0 bridgehead atoms. The molecule has 0 fully saturated rings. The Hall–Kier alpha value is -1.71. The van der Waals surface area contributed by atoms with Crippen LogP contribution in [0.15, 0.2) is 12.1 Å². The maximum atomic E-state index is 11.0. The van der Waals surface area contributed by atoms with Crippen LogP contribution in [-0.4, -0.2) is 26.7 Å². The van der Waals surface area contributed by atoms with Gasteiger partial charge in [-0.05, 0) is 31.0 Å². The molecule has 1 N–H and O–H groups in total. The molecule has 1 aromatic rings. The minimum atomic E-state index is -0.304. The minimum absolute atomic E-state index is 0.135. The fourth-order valence-electron chi connectivity index (χ4n) is 1.60. The number of nitrogens with one attached hydrogen (secondary N) is 1. The highest BCUT2D eigenvalue weighted by Gasteiger charge is 2.08. The second-order valence-electron chi connectivity index (χ2n) is 3.59. The van der Waals surface area contributed by atoms with Crippen LogP contribution in [-0.2, 0) is 9.53 Å². The van der Waals surface area contributed by atoms with E-state index in [0.717, 1.165) is 22.6 Å². The molecule has 0 aliphatic heterocycles. The lowest BCUT2D eigenvalue weighted by molar-refractivity contribution is -0.138. The molecule has 0 aromatic heterocycles. The Morgan fingerprint density at radius 2 is 2.00 bits per heavy atom. The van der Waals surface area contributed by atoms with Crippen molar-refractivity contribution in [2.45, 2.75) is 13.8 Å². The van der Waals surface area contributed by atoms with E-state index in [9.17, 15) is 4.79 Å². The Labute approximate surface area is 95.6 Å². The second kappa shape index (κ2) is 5.39. The molecular formula is C12H17NO3. The van der Waals surface area contributed by atoms with Gasteiger partial charge in [-0.2, -0.15) is 0 Å². The number of hydrogen-bond donors (Lipinski definition) is 1. The van der Waals surface area contributed by atoms with Gasteiger partial charge in [0.25, 0.3) is 0 Å². The molecule has 4 heteroatoms. The molecule has 0 unspecified atom stereocenters. The summed E-state index contributed by atoms with van der Waals surface area (Å²) in [5, 5.41) is 3.00. The van der Waals surface area contributed by atoms with E-state index in [4.69, 9.17) is 4.74 Å². The number of carbonyl (C=O) groups is 1. The first-order valence-corrected chi connectivity index (χ1v) is 5.04. The summed E-state index contributed by atoms with van der Waals surface area (Å²) in [6.07, 6.45) is 0. The van der Waals surface area contributed by atoms with Crippen molar-refractivity contribution in [2.75, 3.05) is 26.1 Å². The standard InChI is InChI=1S/C12H17NO3/c1-8-5-9(2)12(16-4)10(6-8)13-7-11(14)15-3/h5-6,13H,7H2,1-4H3. The van der Waals surface area contributed by atoms with E-state index in [-0.39, 0.29) is 12.5 Å². The molecule has 0 saturated heterocycles. The van der Waals surface area contributed by atoms with Gasteiger partial charge >= 0.3 is 5.97 Å². The van der Waals surface area contributed by atoms with E-state index in [1.54, 1.807) is 7.11 Å². The largest absolute Gasteiger partial charge is 0.494 e. The van der Waals surface area contributed by atoms with Crippen molar-refractivity contribution in [1.82, 2.24) is 0 Å². The number of carbonyl (C=O) groups excluding carboxylic acids is 1. The number of rotatable bonds is 4. The molecule has 0 aliphatic rings. The van der Waals surface area contributed by atoms with Crippen LogP contribution in [0.1, 0.15) is 11.1 Å². The summed E-state index contributed by atoms with van der Waals surface area (Å²) in [5.41, 5.74) is 2.96. The topological polar surface area (TPSA) is 47.6 Å². The van der Waals surface area contributed by atoms with Gasteiger partial charge in [0.1, 0.15) is 12.3 Å². The average molecular weight is 223 g/mol. The smallest absolute Gasteiger partial charge is 0.325 e. The third kappa shape index (κ3) is 2.89. The summed E-state index contributed by atoms with van der Waals surface area (Å²) in [6, 6.07) is 3.97. The zero-order valence-electron chi connectivity index (χ0n) is 10.1. The average Bonchev–Trinajstić information content (AvgIpc) is 2.25. The predicted molar refractivity (Wildman–Crippen MR) is 63.0 cm³/mol. The van der Waals surface area contributed by atoms with Gasteiger partial charge in [-0.25, -0.2) is 0 Å². The molecule has 1 rings (SSSR count). The van der Waals surface area contributed by atoms with Crippen molar-refractivity contribution in [3.63, 3.8) is 0 Å². The van der Waals surface area contributed by atoms with E-state index < -0.39 is 0 Å². The fourth-order valence-corrected chi connectivity index (χ4v) is 1.60. The number of ether oxygens (including phenoxy) is 2. The summed E-state index contributed by atoms with van der Waals surface area (Å²) >= 11 is 0. The zero-order valence-corrected chi connectivity index (χ0v) is 10.1. The van der Waals surface area contributed by atoms with Gasteiger partial charge in [0.05, 0.1) is 19.9 Å². The number of aryl methyl sites for hydroxylation is 2. The van der Waals surface area contributed by atoms with Crippen molar-refractivity contribution in [2.24, 2.45) is 0 Å². The Morgan fingerprint density at radius 3 is 2.56 bits per heavy atom. The van der Waals surface area contributed by atoms with E-state index in [1.165, 1.54) is 7.11 Å². The van der Waals surface area contributed by atoms with Crippen LogP contribution in [0.2, 0.25) is 0 Å². The van der Waals surface area contributed by atoms with Crippen molar-refractivity contribution in [1.29, 1.82) is 0 Å². The van der Waals surface area contributed by atoms with Gasteiger partial charge in [0.2, 0.25) is 0 Å². The zero-order chi connectivity index (χ0) is 12.1. The Balaban J connectivity index is 2.89. The molecule has 0 spiro atoms. The van der Waals surface area contributed by atoms with E-state index in [0.29, 0.717) is 0 Å². The first-order valence-electron chi connectivity index (χ1n) is 5.04. The number of hydrogen-bond acceptors (Lipinski definition) is 4. The predicted octanol–water partition coefficient (Wildman–Crippen LogP) is 1.90. The summed E-state index contributed by atoms with van der Waals surface area (Å²) in [4.78, 5) is 11.0. The van der Waals surface area contributed by atoms with Crippen LogP contribution >= 0.6 is 0 Å². The summed E-state index contributed by atoms with van der Waals surface area (Å²) in [6.45, 7) is 4.10. The Kier molecular flexibility index (Phi) is 4.17. The number of anilines is 1.